The standard InChI is InChI=1S/C45H30N2O/c1-4-10-31(11-5-1)32-16-19-36(20-17-32)47(37-21-23-39(33-12-6-2-7-13-33)40(28-37)34-14-8-3-9-15-34)38-22-25-43-41(29-38)45-42-30-46-27-26-35(42)18-24-44(45)48-43/h1-30H. The highest BCUT2D eigenvalue weighted by molar-refractivity contribution is 6.19. The summed E-state index contributed by atoms with van der Waals surface area (Å²) in [6, 6.07) is 60.2. The number of hydrogen-bond acceptors (Lipinski definition) is 3. The Bertz CT molecular complexity index is 2540. The van der Waals surface area contributed by atoms with Gasteiger partial charge in [-0.25, -0.2) is 0 Å². The fourth-order valence-electron chi connectivity index (χ4n) is 6.84. The molecule has 0 amide bonds. The van der Waals surface area contributed by atoms with E-state index >= 15 is 0 Å². The van der Waals surface area contributed by atoms with Crippen LogP contribution in [-0.4, -0.2) is 4.98 Å². The topological polar surface area (TPSA) is 29.3 Å². The maximum absolute atomic E-state index is 6.37. The Kier molecular flexibility index (Phi) is 6.80. The Morgan fingerprint density at radius 2 is 1.00 bits per heavy atom. The van der Waals surface area contributed by atoms with Crippen LogP contribution >= 0.6 is 0 Å². The fraction of sp³-hybridized carbons (Fsp3) is 0. The van der Waals surface area contributed by atoms with E-state index in [1.54, 1.807) is 0 Å². The molecule has 0 aliphatic carbocycles. The van der Waals surface area contributed by atoms with Crippen molar-refractivity contribution in [2.75, 3.05) is 4.90 Å². The van der Waals surface area contributed by atoms with Crippen molar-refractivity contribution < 1.29 is 4.42 Å². The van der Waals surface area contributed by atoms with Crippen LogP contribution in [0.25, 0.3) is 66.1 Å². The lowest BCUT2D eigenvalue weighted by molar-refractivity contribution is 0.669. The van der Waals surface area contributed by atoms with Gasteiger partial charge in [-0.3, -0.25) is 4.98 Å². The maximum Gasteiger partial charge on any atom is 0.136 e. The molecule has 2 aromatic heterocycles. The Morgan fingerprint density at radius 1 is 0.417 bits per heavy atom. The number of pyridine rings is 1. The largest absolute Gasteiger partial charge is 0.456 e. The number of nitrogens with zero attached hydrogens (tertiary/aromatic N) is 2. The van der Waals surface area contributed by atoms with E-state index in [9.17, 15) is 0 Å². The Morgan fingerprint density at radius 3 is 1.73 bits per heavy atom. The van der Waals surface area contributed by atoms with E-state index in [4.69, 9.17) is 4.42 Å². The minimum absolute atomic E-state index is 0.855. The van der Waals surface area contributed by atoms with Gasteiger partial charge in [0.1, 0.15) is 11.2 Å². The third kappa shape index (κ3) is 4.90. The van der Waals surface area contributed by atoms with Gasteiger partial charge in [0.25, 0.3) is 0 Å². The maximum atomic E-state index is 6.37. The molecule has 7 aromatic carbocycles. The number of aromatic nitrogens is 1. The molecule has 3 nitrogen and oxygen atoms in total. The minimum atomic E-state index is 0.855. The molecular formula is C45H30N2O. The van der Waals surface area contributed by atoms with Crippen molar-refractivity contribution in [3.63, 3.8) is 0 Å². The molecule has 0 fully saturated rings. The van der Waals surface area contributed by atoms with E-state index in [0.717, 1.165) is 49.8 Å². The smallest absolute Gasteiger partial charge is 0.136 e. The molecule has 0 saturated heterocycles. The summed E-state index contributed by atoms with van der Waals surface area (Å²) in [5, 5.41) is 4.38. The molecule has 3 heteroatoms. The van der Waals surface area contributed by atoms with Crippen molar-refractivity contribution in [3.8, 4) is 33.4 Å². The van der Waals surface area contributed by atoms with Crippen LogP contribution in [0.1, 0.15) is 0 Å². The first kappa shape index (κ1) is 27.8. The number of anilines is 3. The quantitative estimate of drug-likeness (QED) is 0.187. The highest BCUT2D eigenvalue weighted by Crippen LogP contribution is 2.43. The van der Waals surface area contributed by atoms with E-state index in [2.05, 4.69) is 180 Å². The van der Waals surface area contributed by atoms with Gasteiger partial charge in [0, 0.05) is 45.6 Å². The van der Waals surface area contributed by atoms with Crippen LogP contribution in [0.2, 0.25) is 0 Å². The zero-order chi connectivity index (χ0) is 31.9. The second-order valence-electron chi connectivity index (χ2n) is 12.0. The summed E-state index contributed by atoms with van der Waals surface area (Å²) in [6.45, 7) is 0. The van der Waals surface area contributed by atoms with E-state index in [1.165, 1.54) is 33.4 Å². The predicted octanol–water partition coefficient (Wildman–Crippen LogP) is 12.6. The lowest BCUT2D eigenvalue weighted by Crippen LogP contribution is -2.10. The molecule has 0 atom stereocenters. The Labute approximate surface area is 279 Å². The first-order valence-corrected chi connectivity index (χ1v) is 16.2. The van der Waals surface area contributed by atoms with Gasteiger partial charge in [-0.1, -0.05) is 115 Å². The summed E-state index contributed by atoms with van der Waals surface area (Å²) in [5.41, 5.74) is 12.0. The van der Waals surface area contributed by atoms with Crippen molar-refractivity contribution in [3.05, 3.63) is 182 Å². The highest BCUT2D eigenvalue weighted by Gasteiger charge is 2.19. The van der Waals surface area contributed by atoms with Crippen molar-refractivity contribution >= 4 is 49.8 Å². The van der Waals surface area contributed by atoms with Gasteiger partial charge in [0.2, 0.25) is 0 Å². The van der Waals surface area contributed by atoms with Crippen LogP contribution in [0.4, 0.5) is 17.1 Å². The highest BCUT2D eigenvalue weighted by atomic mass is 16.3. The van der Waals surface area contributed by atoms with Crippen molar-refractivity contribution in [1.29, 1.82) is 0 Å². The number of furan rings is 1. The molecule has 2 heterocycles. The molecule has 0 N–H and O–H groups in total. The molecule has 9 aromatic rings. The van der Waals surface area contributed by atoms with Gasteiger partial charge in [-0.15, -0.1) is 0 Å². The van der Waals surface area contributed by atoms with E-state index < -0.39 is 0 Å². The van der Waals surface area contributed by atoms with Crippen LogP contribution in [0.15, 0.2) is 187 Å². The Hall–Kier alpha value is -6.45. The van der Waals surface area contributed by atoms with Gasteiger partial charge < -0.3 is 9.32 Å². The summed E-state index contributed by atoms with van der Waals surface area (Å²) < 4.78 is 6.37. The van der Waals surface area contributed by atoms with Crippen LogP contribution < -0.4 is 4.90 Å². The second-order valence-corrected chi connectivity index (χ2v) is 12.0. The van der Waals surface area contributed by atoms with Crippen molar-refractivity contribution in [2.24, 2.45) is 0 Å². The van der Waals surface area contributed by atoms with Crippen LogP contribution in [0, 0.1) is 0 Å². The van der Waals surface area contributed by atoms with Crippen LogP contribution in [-0.2, 0) is 0 Å². The van der Waals surface area contributed by atoms with Crippen LogP contribution in [0.5, 0.6) is 0 Å². The molecule has 0 radical (unpaired) electrons. The van der Waals surface area contributed by atoms with Gasteiger partial charge >= 0.3 is 0 Å². The lowest BCUT2D eigenvalue weighted by Gasteiger charge is -2.27. The zero-order valence-electron chi connectivity index (χ0n) is 26.1. The molecule has 0 spiro atoms. The SMILES string of the molecule is c1ccc(-c2ccc(N(c3ccc(-c4ccccc4)c(-c4ccccc4)c3)c3ccc4oc5ccc6ccncc6c5c4c3)cc2)cc1. The molecule has 0 unspecified atom stereocenters. The average Bonchev–Trinajstić information content (AvgIpc) is 3.55. The average molecular weight is 615 g/mol. The lowest BCUT2D eigenvalue weighted by atomic mass is 9.93. The molecule has 0 bridgehead atoms. The molecule has 0 saturated carbocycles. The van der Waals surface area contributed by atoms with Crippen LogP contribution in [0.3, 0.4) is 0 Å². The molecule has 226 valence electrons. The minimum Gasteiger partial charge on any atom is -0.456 e. The van der Waals surface area contributed by atoms with E-state index in [0.29, 0.717) is 0 Å². The monoisotopic (exact) mass is 614 g/mol. The number of fused-ring (bicyclic) bond motifs is 5. The Balaban J connectivity index is 1.27. The van der Waals surface area contributed by atoms with Gasteiger partial charge in [0.15, 0.2) is 0 Å². The molecule has 0 aliphatic heterocycles. The number of hydrogen-bond donors (Lipinski definition) is 0. The fourth-order valence-corrected chi connectivity index (χ4v) is 6.84. The van der Waals surface area contributed by atoms with E-state index in [1.807, 2.05) is 12.4 Å². The normalized spacial score (nSPS) is 11.3. The second kappa shape index (κ2) is 11.7. The summed E-state index contributed by atoms with van der Waals surface area (Å²) in [6.07, 6.45) is 3.78. The molecule has 0 aliphatic rings. The van der Waals surface area contributed by atoms with Gasteiger partial charge in [-0.05, 0) is 93.4 Å². The third-order valence-electron chi connectivity index (χ3n) is 9.16. The first-order chi connectivity index (χ1) is 23.8. The summed E-state index contributed by atoms with van der Waals surface area (Å²) in [4.78, 5) is 6.80. The summed E-state index contributed by atoms with van der Waals surface area (Å²) in [5.74, 6) is 0. The van der Waals surface area contributed by atoms with Gasteiger partial charge in [0.05, 0.1) is 0 Å². The van der Waals surface area contributed by atoms with Gasteiger partial charge in [-0.2, -0.15) is 0 Å². The number of benzene rings is 7. The number of rotatable bonds is 6. The first-order valence-electron chi connectivity index (χ1n) is 16.2. The summed E-state index contributed by atoms with van der Waals surface area (Å²) in [7, 11) is 0. The molecule has 9 rings (SSSR count). The van der Waals surface area contributed by atoms with Crippen molar-refractivity contribution in [1.82, 2.24) is 4.98 Å². The van der Waals surface area contributed by atoms with Crippen molar-refractivity contribution in [2.45, 2.75) is 0 Å². The zero-order valence-corrected chi connectivity index (χ0v) is 26.1. The molecule has 48 heavy (non-hydrogen) atoms. The predicted molar refractivity (Wildman–Crippen MR) is 200 cm³/mol. The summed E-state index contributed by atoms with van der Waals surface area (Å²) >= 11 is 0. The third-order valence-corrected chi connectivity index (χ3v) is 9.16. The molecular weight excluding hydrogens is 585 g/mol. The van der Waals surface area contributed by atoms with E-state index in [-0.39, 0.29) is 0 Å².